The van der Waals surface area contributed by atoms with Gasteiger partial charge in [-0.05, 0) is 29.7 Å². The Bertz CT molecular complexity index is 705. The Hall–Kier alpha value is -2.74. The fourth-order valence-electron chi connectivity index (χ4n) is 3.13. The molecule has 3 rings (SSSR count). The maximum atomic E-state index is 5.58. The van der Waals surface area contributed by atoms with Gasteiger partial charge in [0.1, 0.15) is 11.5 Å². The molecule has 0 saturated carbocycles. The minimum Gasteiger partial charge on any atom is -0.496 e. The van der Waals surface area contributed by atoms with E-state index in [1.54, 1.807) is 14.2 Å². The lowest BCUT2D eigenvalue weighted by Crippen LogP contribution is -2.07. The maximum Gasteiger partial charge on any atom is 0.125 e. The van der Waals surface area contributed by atoms with Gasteiger partial charge in [0.05, 0.1) is 14.2 Å². The van der Waals surface area contributed by atoms with Gasteiger partial charge in [-0.1, -0.05) is 66.7 Å². The number of methoxy groups -OCH3 is 2. The van der Waals surface area contributed by atoms with E-state index in [9.17, 15) is 0 Å². The summed E-state index contributed by atoms with van der Waals surface area (Å²) >= 11 is 0. The van der Waals surface area contributed by atoms with Gasteiger partial charge < -0.3 is 9.47 Å². The Balaban J connectivity index is 2.06. The molecule has 3 aromatic carbocycles. The molecular weight excluding hydrogens is 296 g/mol. The first kappa shape index (κ1) is 16.1. The lowest BCUT2D eigenvalue weighted by molar-refractivity contribution is 0.384. The molecule has 0 heterocycles. The van der Waals surface area contributed by atoms with E-state index >= 15 is 0 Å². The second kappa shape index (κ2) is 7.69. The second-order valence-electron chi connectivity index (χ2n) is 5.72. The molecular formula is C22H22O2. The van der Waals surface area contributed by atoms with E-state index in [2.05, 4.69) is 60.7 Å². The molecule has 2 nitrogen and oxygen atoms in total. The van der Waals surface area contributed by atoms with Gasteiger partial charge in [0, 0.05) is 11.5 Å². The van der Waals surface area contributed by atoms with Gasteiger partial charge in [-0.15, -0.1) is 0 Å². The molecule has 0 N–H and O–H groups in total. The smallest absolute Gasteiger partial charge is 0.125 e. The minimum atomic E-state index is 0.248. The molecule has 0 saturated heterocycles. The van der Waals surface area contributed by atoms with Gasteiger partial charge in [-0.3, -0.25) is 0 Å². The highest BCUT2D eigenvalue weighted by molar-refractivity contribution is 5.47. The molecule has 0 aliphatic heterocycles. The highest BCUT2D eigenvalue weighted by atomic mass is 16.5. The van der Waals surface area contributed by atoms with Crippen LogP contribution in [0.3, 0.4) is 0 Å². The lowest BCUT2D eigenvalue weighted by Gasteiger charge is -2.21. The van der Waals surface area contributed by atoms with Crippen LogP contribution >= 0.6 is 0 Å². The topological polar surface area (TPSA) is 18.5 Å². The average molecular weight is 318 g/mol. The van der Waals surface area contributed by atoms with Crippen molar-refractivity contribution in [1.29, 1.82) is 0 Å². The first-order chi connectivity index (χ1) is 11.8. The van der Waals surface area contributed by atoms with Gasteiger partial charge >= 0.3 is 0 Å². The van der Waals surface area contributed by atoms with Crippen LogP contribution in [0.15, 0.2) is 78.9 Å². The van der Waals surface area contributed by atoms with Gasteiger partial charge in [-0.25, -0.2) is 0 Å². The van der Waals surface area contributed by atoms with Gasteiger partial charge in [-0.2, -0.15) is 0 Å². The summed E-state index contributed by atoms with van der Waals surface area (Å²) in [5.41, 5.74) is 3.67. The van der Waals surface area contributed by atoms with E-state index in [0.29, 0.717) is 0 Å². The summed E-state index contributed by atoms with van der Waals surface area (Å²) in [5.74, 6) is 1.98. The Morgan fingerprint density at radius 1 is 0.625 bits per heavy atom. The standard InChI is InChI=1S/C22H22O2/c1-23-21-14-9-15-22(24-2)20(21)16-19(17-10-5-3-6-11-17)18-12-7-4-8-13-18/h3-15,19H,16H2,1-2H3. The fourth-order valence-corrected chi connectivity index (χ4v) is 3.13. The van der Waals surface area contributed by atoms with Gasteiger partial charge in [0.2, 0.25) is 0 Å². The Labute approximate surface area is 143 Å². The van der Waals surface area contributed by atoms with Crippen molar-refractivity contribution in [3.63, 3.8) is 0 Å². The van der Waals surface area contributed by atoms with Crippen LogP contribution in [0.2, 0.25) is 0 Å². The largest absolute Gasteiger partial charge is 0.496 e. The van der Waals surface area contributed by atoms with Crippen molar-refractivity contribution in [2.75, 3.05) is 14.2 Å². The zero-order valence-electron chi connectivity index (χ0n) is 14.1. The minimum absolute atomic E-state index is 0.248. The highest BCUT2D eigenvalue weighted by Crippen LogP contribution is 2.36. The molecule has 0 aliphatic carbocycles. The lowest BCUT2D eigenvalue weighted by atomic mass is 9.85. The normalized spacial score (nSPS) is 10.6. The third-order valence-electron chi connectivity index (χ3n) is 4.34. The fraction of sp³-hybridized carbons (Fsp3) is 0.182. The molecule has 24 heavy (non-hydrogen) atoms. The summed E-state index contributed by atoms with van der Waals surface area (Å²) in [5, 5.41) is 0. The van der Waals surface area contributed by atoms with Crippen molar-refractivity contribution >= 4 is 0 Å². The summed E-state index contributed by atoms with van der Waals surface area (Å²) in [6.07, 6.45) is 0.821. The average Bonchev–Trinajstić information content (AvgIpc) is 2.67. The number of hydrogen-bond donors (Lipinski definition) is 0. The Morgan fingerprint density at radius 2 is 1.08 bits per heavy atom. The van der Waals surface area contributed by atoms with Crippen molar-refractivity contribution in [2.45, 2.75) is 12.3 Å². The van der Waals surface area contributed by atoms with E-state index in [1.165, 1.54) is 11.1 Å². The summed E-state index contributed by atoms with van der Waals surface area (Å²) in [4.78, 5) is 0. The van der Waals surface area contributed by atoms with Crippen LogP contribution in [0.4, 0.5) is 0 Å². The Kier molecular flexibility index (Phi) is 5.17. The van der Waals surface area contributed by atoms with Crippen LogP contribution in [0.1, 0.15) is 22.6 Å². The first-order valence-corrected chi connectivity index (χ1v) is 8.13. The summed E-state index contributed by atoms with van der Waals surface area (Å²) in [7, 11) is 3.41. The van der Waals surface area contributed by atoms with E-state index in [4.69, 9.17) is 9.47 Å². The monoisotopic (exact) mass is 318 g/mol. The van der Waals surface area contributed by atoms with Crippen LogP contribution < -0.4 is 9.47 Å². The Morgan fingerprint density at radius 3 is 1.50 bits per heavy atom. The quantitative estimate of drug-likeness (QED) is 0.631. The van der Waals surface area contributed by atoms with Crippen LogP contribution in [0.25, 0.3) is 0 Å². The van der Waals surface area contributed by atoms with Crippen molar-refractivity contribution in [3.05, 3.63) is 95.6 Å². The maximum absolute atomic E-state index is 5.58. The van der Waals surface area contributed by atoms with Crippen molar-refractivity contribution in [2.24, 2.45) is 0 Å². The van der Waals surface area contributed by atoms with Crippen LogP contribution in [0.5, 0.6) is 11.5 Å². The highest BCUT2D eigenvalue weighted by Gasteiger charge is 2.19. The predicted molar refractivity (Wildman–Crippen MR) is 98.0 cm³/mol. The van der Waals surface area contributed by atoms with Gasteiger partial charge in [0.15, 0.2) is 0 Å². The van der Waals surface area contributed by atoms with E-state index in [0.717, 1.165) is 23.5 Å². The molecule has 0 unspecified atom stereocenters. The molecule has 0 fully saturated rings. The van der Waals surface area contributed by atoms with Crippen molar-refractivity contribution < 1.29 is 9.47 Å². The second-order valence-corrected chi connectivity index (χ2v) is 5.72. The molecule has 0 atom stereocenters. The molecule has 2 heteroatoms. The molecule has 0 spiro atoms. The predicted octanol–water partition coefficient (Wildman–Crippen LogP) is 5.08. The van der Waals surface area contributed by atoms with Crippen LogP contribution in [0, 0.1) is 0 Å². The molecule has 122 valence electrons. The molecule has 0 radical (unpaired) electrons. The van der Waals surface area contributed by atoms with E-state index in [1.807, 2.05) is 18.2 Å². The SMILES string of the molecule is COc1cccc(OC)c1CC(c1ccccc1)c1ccccc1. The molecule has 0 bridgehead atoms. The number of benzene rings is 3. The first-order valence-electron chi connectivity index (χ1n) is 8.13. The van der Waals surface area contributed by atoms with Crippen LogP contribution in [-0.4, -0.2) is 14.2 Å². The summed E-state index contributed by atoms with van der Waals surface area (Å²) in [6, 6.07) is 27.1. The number of rotatable bonds is 6. The number of hydrogen-bond acceptors (Lipinski definition) is 2. The zero-order chi connectivity index (χ0) is 16.8. The summed E-state index contributed by atoms with van der Waals surface area (Å²) < 4.78 is 11.2. The van der Waals surface area contributed by atoms with E-state index in [-0.39, 0.29) is 5.92 Å². The van der Waals surface area contributed by atoms with Gasteiger partial charge in [0.25, 0.3) is 0 Å². The molecule has 0 amide bonds. The molecule has 0 aliphatic rings. The van der Waals surface area contributed by atoms with E-state index < -0.39 is 0 Å². The van der Waals surface area contributed by atoms with Crippen molar-refractivity contribution in [1.82, 2.24) is 0 Å². The third-order valence-corrected chi connectivity index (χ3v) is 4.34. The molecule has 0 aromatic heterocycles. The number of ether oxygens (including phenoxy) is 2. The van der Waals surface area contributed by atoms with Crippen LogP contribution in [-0.2, 0) is 6.42 Å². The summed E-state index contributed by atoms with van der Waals surface area (Å²) in [6.45, 7) is 0. The van der Waals surface area contributed by atoms with Crippen molar-refractivity contribution in [3.8, 4) is 11.5 Å². The molecule has 3 aromatic rings. The third kappa shape index (κ3) is 3.43. The zero-order valence-corrected chi connectivity index (χ0v) is 14.1.